The number of carbonyl (C=O) groups is 1. The second-order valence-electron chi connectivity index (χ2n) is 9.13. The summed E-state index contributed by atoms with van der Waals surface area (Å²) < 4.78 is 49.5. The minimum absolute atomic E-state index is 0.00771. The quantitative estimate of drug-likeness (QED) is 0.490. The van der Waals surface area contributed by atoms with Crippen molar-refractivity contribution >= 4 is 43.9 Å². The van der Waals surface area contributed by atoms with Crippen molar-refractivity contribution in [3.05, 3.63) is 23.8 Å². The molecule has 2 aliphatic rings. The Morgan fingerprint density at radius 3 is 2.57 bits per heavy atom. The summed E-state index contributed by atoms with van der Waals surface area (Å²) in [5.41, 5.74) is 1.53. The first-order chi connectivity index (χ1) is 16.7. The molecule has 0 bridgehead atoms. The molecule has 14 heteroatoms. The summed E-state index contributed by atoms with van der Waals surface area (Å²) >= 11 is 1.27. The Bertz CT molecular complexity index is 1330. The van der Waals surface area contributed by atoms with Crippen molar-refractivity contribution in [3.8, 4) is 5.13 Å². The van der Waals surface area contributed by atoms with E-state index >= 15 is 0 Å². The fourth-order valence-corrected chi connectivity index (χ4v) is 6.22. The lowest BCUT2D eigenvalue weighted by atomic mass is 10.0. The van der Waals surface area contributed by atoms with Gasteiger partial charge in [0.15, 0.2) is 0 Å². The molecule has 188 valence electrons. The number of nitrogens with one attached hydrogen (secondary N) is 1. The minimum atomic E-state index is -4.08. The first-order valence-electron chi connectivity index (χ1n) is 11.2. The third-order valence-electron chi connectivity index (χ3n) is 6.27. The van der Waals surface area contributed by atoms with Gasteiger partial charge in [-0.3, -0.25) is 4.79 Å². The monoisotopic (exact) mass is 523 g/mol. The van der Waals surface area contributed by atoms with Crippen LogP contribution in [0.3, 0.4) is 0 Å². The van der Waals surface area contributed by atoms with E-state index in [0.717, 1.165) is 5.39 Å². The van der Waals surface area contributed by atoms with E-state index in [0.29, 0.717) is 42.5 Å². The molecule has 2 saturated heterocycles. The van der Waals surface area contributed by atoms with Crippen LogP contribution >= 0.6 is 11.3 Å². The van der Waals surface area contributed by atoms with E-state index in [-0.39, 0.29) is 29.9 Å². The van der Waals surface area contributed by atoms with Gasteiger partial charge in [0.05, 0.1) is 29.8 Å². The zero-order valence-corrected chi connectivity index (χ0v) is 21.0. The maximum atomic E-state index is 13.6. The third-order valence-corrected chi connectivity index (χ3v) is 8.49. The molecule has 5 rings (SSSR count). The number of aromatic nitrogens is 4. The van der Waals surface area contributed by atoms with E-state index in [1.165, 1.54) is 17.4 Å². The molecule has 35 heavy (non-hydrogen) atoms. The number of sulfonamides is 1. The zero-order valence-electron chi connectivity index (χ0n) is 19.3. The van der Waals surface area contributed by atoms with Gasteiger partial charge < -0.3 is 14.5 Å². The van der Waals surface area contributed by atoms with Crippen LogP contribution in [0.5, 0.6) is 0 Å². The van der Waals surface area contributed by atoms with Gasteiger partial charge in [-0.15, -0.1) is 10.2 Å². The molecular formula is C21H26FN7O4S2. The number of halogens is 1. The fraction of sp³-hybridized carbons (Fsp3) is 0.524. The van der Waals surface area contributed by atoms with Crippen molar-refractivity contribution in [1.82, 2.24) is 29.6 Å². The molecule has 2 fully saturated rings. The fourth-order valence-electron chi connectivity index (χ4n) is 4.30. The Morgan fingerprint density at radius 1 is 1.26 bits per heavy atom. The Balaban J connectivity index is 1.55. The smallest absolute Gasteiger partial charge is 0.241 e. The highest BCUT2D eigenvalue weighted by atomic mass is 32.2. The number of hydrogen-bond donors (Lipinski definition) is 1. The average Bonchev–Trinajstić information content (AvgIpc) is 3.50. The number of alkyl halides is 1. The van der Waals surface area contributed by atoms with Gasteiger partial charge in [-0.2, -0.15) is 9.82 Å². The Labute approximate surface area is 205 Å². The van der Waals surface area contributed by atoms with E-state index in [1.54, 1.807) is 22.5 Å². The molecule has 0 unspecified atom stereocenters. The number of fused-ring (bicyclic) bond motifs is 1. The highest BCUT2D eigenvalue weighted by Gasteiger charge is 2.43. The number of carbonyl (C=O) groups excluding carboxylic acids is 1. The van der Waals surface area contributed by atoms with Gasteiger partial charge in [0, 0.05) is 43.2 Å². The highest BCUT2D eigenvalue weighted by molar-refractivity contribution is 7.89. The molecule has 0 radical (unpaired) electrons. The van der Waals surface area contributed by atoms with Gasteiger partial charge in [0.1, 0.15) is 17.7 Å². The van der Waals surface area contributed by atoms with Crippen molar-refractivity contribution in [1.29, 1.82) is 0 Å². The predicted octanol–water partition coefficient (Wildman–Crippen LogP) is 1.20. The summed E-state index contributed by atoms with van der Waals surface area (Å²) in [6, 6.07) is 3.10. The summed E-state index contributed by atoms with van der Waals surface area (Å²) in [7, 11) is -4.08. The van der Waals surface area contributed by atoms with Crippen molar-refractivity contribution in [2.24, 2.45) is 5.92 Å². The number of nitrogens with zero attached hydrogens (tertiary/aromatic N) is 6. The maximum absolute atomic E-state index is 13.6. The second-order valence-corrected chi connectivity index (χ2v) is 11.6. The molecule has 1 N–H and O–H groups in total. The summed E-state index contributed by atoms with van der Waals surface area (Å²) in [5, 5.41) is 13.6. The van der Waals surface area contributed by atoms with Crippen LogP contribution in [0.2, 0.25) is 0 Å². The number of rotatable bonds is 7. The molecule has 11 nitrogen and oxygen atoms in total. The normalized spacial score (nSPS) is 18.3. The number of anilines is 1. The summed E-state index contributed by atoms with van der Waals surface area (Å²) in [4.78, 5) is 16.3. The SMILES string of the molecule is CC(C)C(=O)N1CCN(c2cc(S(=O)(=O)NC3(CF)COC3)cc3c2cnn3-c2nncs2)CC1. The summed E-state index contributed by atoms with van der Waals surface area (Å²) in [5.74, 6) is 0.00917. The molecule has 2 aliphatic heterocycles. The van der Waals surface area contributed by atoms with Gasteiger partial charge >= 0.3 is 0 Å². The van der Waals surface area contributed by atoms with Crippen LogP contribution in [0.1, 0.15) is 13.8 Å². The van der Waals surface area contributed by atoms with Crippen LogP contribution in [-0.2, 0) is 19.6 Å². The number of ether oxygens (including phenoxy) is 1. The van der Waals surface area contributed by atoms with Gasteiger partial charge in [0.2, 0.25) is 21.1 Å². The third kappa shape index (κ3) is 4.39. The van der Waals surface area contributed by atoms with Gasteiger partial charge in [-0.25, -0.2) is 17.5 Å². The van der Waals surface area contributed by atoms with E-state index < -0.39 is 22.2 Å². The Morgan fingerprint density at radius 2 is 2.00 bits per heavy atom. The topological polar surface area (TPSA) is 123 Å². The van der Waals surface area contributed by atoms with Gasteiger partial charge in [-0.1, -0.05) is 25.2 Å². The predicted molar refractivity (Wildman–Crippen MR) is 128 cm³/mol. The molecule has 0 atom stereocenters. The first-order valence-corrected chi connectivity index (χ1v) is 13.6. The largest absolute Gasteiger partial charge is 0.377 e. The zero-order chi connectivity index (χ0) is 24.8. The van der Waals surface area contributed by atoms with Crippen LogP contribution in [0.4, 0.5) is 10.1 Å². The van der Waals surface area contributed by atoms with Crippen molar-refractivity contribution in [2.75, 3.05) is 51.0 Å². The Kier molecular flexibility index (Phi) is 6.23. The van der Waals surface area contributed by atoms with Crippen LogP contribution < -0.4 is 9.62 Å². The molecule has 1 aromatic carbocycles. The lowest BCUT2D eigenvalue weighted by Crippen LogP contribution is -2.63. The molecular weight excluding hydrogens is 497 g/mol. The standard InChI is InChI=1S/C21H26FN7O4S2/c1-14(2)19(30)28-5-3-27(4-6-28)17-7-15(35(31,32)26-21(10-22)11-33-12-21)8-18-16(17)9-24-29(18)20-25-23-13-34-20/h7-9,13-14,26H,3-6,10-12H2,1-2H3. The minimum Gasteiger partial charge on any atom is -0.377 e. The number of benzene rings is 1. The van der Waals surface area contributed by atoms with Crippen molar-refractivity contribution < 1.29 is 22.3 Å². The molecule has 4 heterocycles. The molecule has 3 aromatic rings. The van der Waals surface area contributed by atoms with E-state index in [2.05, 4.69) is 24.9 Å². The highest BCUT2D eigenvalue weighted by Crippen LogP contribution is 2.34. The van der Waals surface area contributed by atoms with Gasteiger partial charge in [-0.05, 0) is 12.1 Å². The Hall–Kier alpha value is -2.68. The van der Waals surface area contributed by atoms with E-state index in [9.17, 15) is 17.6 Å². The molecule has 0 aliphatic carbocycles. The lowest BCUT2D eigenvalue weighted by Gasteiger charge is -2.39. The summed E-state index contributed by atoms with van der Waals surface area (Å²) in [6.45, 7) is 4.97. The van der Waals surface area contributed by atoms with E-state index in [1.807, 2.05) is 18.7 Å². The van der Waals surface area contributed by atoms with E-state index in [4.69, 9.17) is 4.74 Å². The van der Waals surface area contributed by atoms with Crippen molar-refractivity contribution in [3.63, 3.8) is 0 Å². The lowest BCUT2D eigenvalue weighted by molar-refractivity contribution is -0.134. The summed E-state index contributed by atoms with van der Waals surface area (Å²) in [6.07, 6.45) is 1.67. The second kappa shape index (κ2) is 9.08. The maximum Gasteiger partial charge on any atom is 0.241 e. The first kappa shape index (κ1) is 24.0. The number of hydrogen-bond acceptors (Lipinski definition) is 9. The molecule has 1 amide bonds. The molecule has 0 spiro atoms. The van der Waals surface area contributed by atoms with Crippen LogP contribution in [0.25, 0.3) is 16.0 Å². The number of piperazine rings is 1. The number of amides is 1. The van der Waals surface area contributed by atoms with Crippen LogP contribution in [-0.4, -0.2) is 90.8 Å². The van der Waals surface area contributed by atoms with Gasteiger partial charge in [0.25, 0.3) is 0 Å². The van der Waals surface area contributed by atoms with Crippen LogP contribution in [0.15, 0.2) is 28.7 Å². The molecule has 2 aromatic heterocycles. The van der Waals surface area contributed by atoms with Crippen LogP contribution in [0, 0.1) is 5.92 Å². The molecule has 0 saturated carbocycles. The van der Waals surface area contributed by atoms with Crippen molar-refractivity contribution in [2.45, 2.75) is 24.3 Å². The average molecular weight is 524 g/mol.